The van der Waals surface area contributed by atoms with E-state index in [9.17, 15) is 8.78 Å². The second-order valence-electron chi connectivity index (χ2n) is 2.24. The Bertz CT molecular complexity index is 275. The Hall–Kier alpha value is -1.06. The predicted octanol–water partition coefficient (Wildman–Crippen LogP) is 0.232. The first-order chi connectivity index (χ1) is 5.15. The second-order valence-corrected chi connectivity index (χ2v) is 2.24. The van der Waals surface area contributed by atoms with Gasteiger partial charge in [0, 0.05) is 6.07 Å². The lowest BCUT2D eigenvalue weighted by atomic mass is 9.95. The average molecular weight is 156 g/mol. The Balaban J connectivity index is 3.21. The molecule has 0 aliphatic rings. The molecule has 0 N–H and O–H groups in total. The SMILES string of the molecule is Bc1cc(OC)c(F)cc1F. The third-order valence-electron chi connectivity index (χ3n) is 1.43. The Morgan fingerprint density at radius 3 is 2.45 bits per heavy atom. The van der Waals surface area contributed by atoms with E-state index in [1.165, 1.54) is 13.2 Å². The molecule has 0 aromatic heterocycles. The molecule has 58 valence electrons. The van der Waals surface area contributed by atoms with Gasteiger partial charge in [-0.15, -0.1) is 0 Å². The molecule has 0 aliphatic heterocycles. The van der Waals surface area contributed by atoms with Crippen molar-refractivity contribution < 1.29 is 13.5 Å². The largest absolute Gasteiger partial charge is 0.494 e. The van der Waals surface area contributed by atoms with Crippen molar-refractivity contribution in [1.29, 1.82) is 0 Å². The van der Waals surface area contributed by atoms with Crippen LogP contribution in [0.15, 0.2) is 12.1 Å². The number of hydrogen-bond acceptors (Lipinski definition) is 1. The predicted molar refractivity (Wildman–Crippen MR) is 41.1 cm³/mol. The summed E-state index contributed by atoms with van der Waals surface area (Å²) in [7, 11) is 2.90. The lowest BCUT2D eigenvalue weighted by molar-refractivity contribution is 0.385. The normalized spacial score (nSPS) is 9.73. The molecule has 1 aromatic carbocycles. The summed E-state index contributed by atoms with van der Waals surface area (Å²) in [5.74, 6) is -1.15. The van der Waals surface area contributed by atoms with E-state index in [4.69, 9.17) is 0 Å². The van der Waals surface area contributed by atoms with Gasteiger partial charge in [0.15, 0.2) is 11.6 Å². The van der Waals surface area contributed by atoms with E-state index in [0.717, 1.165) is 6.07 Å². The standard InChI is InChI=1S/C7H7BF2O/c1-11-7-2-4(8)5(9)3-6(7)10/h2-3H,8H2,1H3. The fourth-order valence-corrected chi connectivity index (χ4v) is 0.787. The third kappa shape index (κ3) is 1.50. The molecule has 0 heterocycles. The molecule has 0 amide bonds. The Morgan fingerprint density at radius 2 is 1.91 bits per heavy atom. The number of benzene rings is 1. The van der Waals surface area contributed by atoms with Gasteiger partial charge in [0.1, 0.15) is 13.7 Å². The van der Waals surface area contributed by atoms with Gasteiger partial charge in [-0.1, -0.05) is 5.46 Å². The van der Waals surface area contributed by atoms with Crippen molar-refractivity contribution in [1.82, 2.24) is 0 Å². The molecule has 0 saturated heterocycles. The van der Waals surface area contributed by atoms with Crippen LogP contribution < -0.4 is 10.2 Å². The summed E-state index contributed by atoms with van der Waals surface area (Å²) in [6, 6.07) is 2.14. The van der Waals surface area contributed by atoms with Crippen LogP contribution in [0.4, 0.5) is 8.78 Å². The fraction of sp³-hybridized carbons (Fsp3) is 0.143. The maximum Gasteiger partial charge on any atom is 0.167 e. The zero-order valence-electron chi connectivity index (χ0n) is 6.32. The summed E-state index contributed by atoms with van der Waals surface area (Å²) in [6.07, 6.45) is 0. The fourth-order valence-electron chi connectivity index (χ4n) is 0.787. The smallest absolute Gasteiger partial charge is 0.167 e. The maximum absolute atomic E-state index is 12.7. The molecule has 0 aliphatic carbocycles. The van der Waals surface area contributed by atoms with E-state index in [2.05, 4.69) is 4.74 Å². The molecule has 1 rings (SSSR count). The minimum Gasteiger partial charge on any atom is -0.494 e. The van der Waals surface area contributed by atoms with E-state index in [1.54, 1.807) is 7.85 Å². The summed E-state index contributed by atoms with van der Waals surface area (Å²) in [5, 5.41) is 0. The molecule has 0 bridgehead atoms. The lowest BCUT2D eigenvalue weighted by Gasteiger charge is -2.02. The van der Waals surface area contributed by atoms with Gasteiger partial charge in [-0.3, -0.25) is 0 Å². The van der Waals surface area contributed by atoms with Crippen molar-refractivity contribution in [2.45, 2.75) is 0 Å². The van der Waals surface area contributed by atoms with Crippen LogP contribution in [-0.2, 0) is 0 Å². The lowest BCUT2D eigenvalue weighted by Crippen LogP contribution is -2.09. The zero-order chi connectivity index (χ0) is 8.43. The molecule has 1 aromatic rings. The van der Waals surface area contributed by atoms with Crippen molar-refractivity contribution in [3.05, 3.63) is 23.8 Å². The van der Waals surface area contributed by atoms with E-state index >= 15 is 0 Å². The molecule has 4 heteroatoms. The molecule has 0 fully saturated rings. The highest BCUT2D eigenvalue weighted by Crippen LogP contribution is 2.14. The molecule has 0 unspecified atom stereocenters. The minimum atomic E-state index is -0.671. The van der Waals surface area contributed by atoms with Crippen LogP contribution in [0.1, 0.15) is 0 Å². The van der Waals surface area contributed by atoms with Gasteiger partial charge in [0.05, 0.1) is 7.11 Å². The Labute approximate surface area is 64.4 Å². The third-order valence-corrected chi connectivity index (χ3v) is 1.43. The minimum absolute atomic E-state index is 0.0731. The molecular formula is C7H7BF2O. The number of methoxy groups -OCH3 is 1. The van der Waals surface area contributed by atoms with Crippen molar-refractivity contribution in [2.75, 3.05) is 7.11 Å². The summed E-state index contributed by atoms with van der Waals surface area (Å²) in [4.78, 5) is 0. The van der Waals surface area contributed by atoms with Crippen LogP contribution in [-0.4, -0.2) is 15.0 Å². The zero-order valence-corrected chi connectivity index (χ0v) is 6.32. The van der Waals surface area contributed by atoms with Crippen LogP contribution in [0.2, 0.25) is 0 Å². The van der Waals surface area contributed by atoms with E-state index in [0.29, 0.717) is 5.46 Å². The highest BCUT2D eigenvalue weighted by atomic mass is 19.1. The van der Waals surface area contributed by atoms with Crippen molar-refractivity contribution in [3.63, 3.8) is 0 Å². The first kappa shape index (κ1) is 8.05. The molecule has 1 nitrogen and oxygen atoms in total. The number of halogens is 2. The molecule has 11 heavy (non-hydrogen) atoms. The molecular weight excluding hydrogens is 149 g/mol. The van der Waals surface area contributed by atoms with Gasteiger partial charge in [-0.2, -0.15) is 0 Å². The highest BCUT2D eigenvalue weighted by Gasteiger charge is 2.05. The van der Waals surface area contributed by atoms with Gasteiger partial charge >= 0.3 is 0 Å². The van der Waals surface area contributed by atoms with Crippen LogP contribution >= 0.6 is 0 Å². The van der Waals surface area contributed by atoms with Crippen molar-refractivity contribution >= 4 is 13.3 Å². The second kappa shape index (κ2) is 2.90. The van der Waals surface area contributed by atoms with Gasteiger partial charge in [-0.25, -0.2) is 8.78 Å². The van der Waals surface area contributed by atoms with Crippen molar-refractivity contribution in [2.24, 2.45) is 0 Å². The van der Waals surface area contributed by atoms with Crippen LogP contribution in [0.5, 0.6) is 5.75 Å². The van der Waals surface area contributed by atoms with Crippen LogP contribution in [0.25, 0.3) is 0 Å². The van der Waals surface area contributed by atoms with Gasteiger partial charge in [-0.05, 0) is 6.07 Å². The van der Waals surface area contributed by atoms with Crippen LogP contribution in [0.3, 0.4) is 0 Å². The molecule has 0 spiro atoms. The van der Waals surface area contributed by atoms with Gasteiger partial charge < -0.3 is 4.74 Å². The van der Waals surface area contributed by atoms with Gasteiger partial charge in [0.25, 0.3) is 0 Å². The Kier molecular flexibility index (Phi) is 2.12. The first-order valence-corrected chi connectivity index (χ1v) is 3.15. The highest BCUT2D eigenvalue weighted by molar-refractivity contribution is 6.32. The monoisotopic (exact) mass is 156 g/mol. The van der Waals surface area contributed by atoms with E-state index in [-0.39, 0.29) is 5.75 Å². The van der Waals surface area contributed by atoms with E-state index < -0.39 is 11.6 Å². The van der Waals surface area contributed by atoms with E-state index in [1.807, 2.05) is 0 Å². The summed E-state index contributed by atoms with van der Waals surface area (Å²) in [5.41, 5.74) is 0.378. The Morgan fingerprint density at radius 1 is 1.27 bits per heavy atom. The van der Waals surface area contributed by atoms with Crippen LogP contribution in [0, 0.1) is 11.6 Å². The molecule has 0 radical (unpaired) electrons. The molecule has 0 atom stereocenters. The summed E-state index contributed by atoms with van der Waals surface area (Å²) < 4.78 is 29.9. The summed E-state index contributed by atoms with van der Waals surface area (Å²) >= 11 is 0. The average Bonchev–Trinajstić information content (AvgIpc) is 1.97. The first-order valence-electron chi connectivity index (χ1n) is 3.15. The quantitative estimate of drug-likeness (QED) is 0.529. The molecule has 0 saturated carbocycles. The number of ether oxygens (including phenoxy) is 1. The number of rotatable bonds is 1. The topological polar surface area (TPSA) is 9.23 Å². The number of hydrogen-bond donors (Lipinski definition) is 0. The maximum atomic E-state index is 12.7. The van der Waals surface area contributed by atoms with Gasteiger partial charge in [0.2, 0.25) is 0 Å². The summed E-state index contributed by atoms with van der Waals surface area (Å²) in [6.45, 7) is 0. The van der Waals surface area contributed by atoms with Crippen molar-refractivity contribution in [3.8, 4) is 5.75 Å².